The standard InChI is InChI=1S/C16H35N3/c1-7-18-11-12-19(13-15(18)3)14(2)9-8-10-17-16(4,5)6/h14-15,17H,7-13H2,1-6H3. The Morgan fingerprint density at radius 1 is 1.26 bits per heavy atom. The molecule has 0 aromatic heterocycles. The van der Waals surface area contributed by atoms with E-state index in [1.54, 1.807) is 0 Å². The second kappa shape index (κ2) is 7.61. The first-order chi connectivity index (χ1) is 8.83. The second-order valence-corrected chi connectivity index (χ2v) is 7.14. The normalized spacial score (nSPS) is 24.6. The van der Waals surface area contributed by atoms with Crippen molar-refractivity contribution < 1.29 is 0 Å². The van der Waals surface area contributed by atoms with Crippen LogP contribution in [0.25, 0.3) is 0 Å². The first-order valence-electron chi connectivity index (χ1n) is 8.06. The van der Waals surface area contributed by atoms with Crippen LogP contribution in [0.4, 0.5) is 0 Å². The molecule has 2 atom stereocenters. The summed E-state index contributed by atoms with van der Waals surface area (Å²) in [6, 6.07) is 1.44. The van der Waals surface area contributed by atoms with E-state index in [-0.39, 0.29) is 5.54 Å². The van der Waals surface area contributed by atoms with Crippen molar-refractivity contribution in [3.8, 4) is 0 Å². The molecule has 0 amide bonds. The van der Waals surface area contributed by atoms with Crippen molar-refractivity contribution in [3.05, 3.63) is 0 Å². The Balaban J connectivity index is 2.21. The monoisotopic (exact) mass is 269 g/mol. The van der Waals surface area contributed by atoms with E-state index in [9.17, 15) is 0 Å². The van der Waals surface area contributed by atoms with Crippen LogP contribution >= 0.6 is 0 Å². The van der Waals surface area contributed by atoms with E-state index in [4.69, 9.17) is 0 Å². The molecule has 1 fully saturated rings. The molecule has 1 rings (SSSR count). The van der Waals surface area contributed by atoms with Gasteiger partial charge in [0.25, 0.3) is 0 Å². The zero-order chi connectivity index (χ0) is 14.5. The van der Waals surface area contributed by atoms with Crippen molar-refractivity contribution in [2.24, 2.45) is 0 Å². The van der Waals surface area contributed by atoms with Gasteiger partial charge in [0.1, 0.15) is 0 Å². The van der Waals surface area contributed by atoms with Gasteiger partial charge in [-0.2, -0.15) is 0 Å². The molecule has 1 heterocycles. The average Bonchev–Trinajstić information content (AvgIpc) is 2.33. The van der Waals surface area contributed by atoms with Gasteiger partial charge in [0.2, 0.25) is 0 Å². The van der Waals surface area contributed by atoms with Gasteiger partial charge in [-0.25, -0.2) is 0 Å². The Bertz CT molecular complexity index is 247. The van der Waals surface area contributed by atoms with Gasteiger partial charge in [0.15, 0.2) is 0 Å². The highest BCUT2D eigenvalue weighted by Gasteiger charge is 2.25. The Kier molecular flexibility index (Phi) is 6.78. The largest absolute Gasteiger partial charge is 0.312 e. The summed E-state index contributed by atoms with van der Waals surface area (Å²) in [6.45, 7) is 19.8. The molecule has 0 bridgehead atoms. The maximum absolute atomic E-state index is 3.58. The molecule has 2 unspecified atom stereocenters. The molecule has 1 aliphatic heterocycles. The van der Waals surface area contributed by atoms with Crippen LogP contribution in [0.1, 0.15) is 54.4 Å². The van der Waals surface area contributed by atoms with E-state index in [2.05, 4.69) is 56.7 Å². The van der Waals surface area contributed by atoms with E-state index < -0.39 is 0 Å². The van der Waals surface area contributed by atoms with Crippen LogP contribution < -0.4 is 5.32 Å². The number of rotatable bonds is 6. The highest BCUT2D eigenvalue weighted by molar-refractivity contribution is 4.81. The zero-order valence-electron chi connectivity index (χ0n) is 14.0. The average molecular weight is 269 g/mol. The molecule has 3 nitrogen and oxygen atoms in total. The zero-order valence-corrected chi connectivity index (χ0v) is 14.0. The third kappa shape index (κ3) is 6.24. The molecule has 114 valence electrons. The molecular weight excluding hydrogens is 234 g/mol. The van der Waals surface area contributed by atoms with E-state index in [0.29, 0.717) is 6.04 Å². The predicted octanol–water partition coefficient (Wildman–Crippen LogP) is 2.57. The first-order valence-corrected chi connectivity index (χ1v) is 8.06. The van der Waals surface area contributed by atoms with Crippen LogP contribution in [-0.4, -0.2) is 60.1 Å². The Morgan fingerprint density at radius 3 is 2.47 bits per heavy atom. The summed E-state index contributed by atoms with van der Waals surface area (Å²) in [4.78, 5) is 5.26. The summed E-state index contributed by atoms with van der Waals surface area (Å²) < 4.78 is 0. The van der Waals surface area contributed by atoms with E-state index in [1.807, 2.05) is 0 Å². The molecule has 0 aromatic carbocycles. The minimum absolute atomic E-state index is 0.254. The van der Waals surface area contributed by atoms with Crippen molar-refractivity contribution in [2.75, 3.05) is 32.7 Å². The van der Waals surface area contributed by atoms with E-state index in [0.717, 1.165) is 12.6 Å². The highest BCUT2D eigenvalue weighted by atomic mass is 15.3. The molecule has 19 heavy (non-hydrogen) atoms. The van der Waals surface area contributed by atoms with Crippen LogP contribution in [0, 0.1) is 0 Å². The number of nitrogens with zero attached hydrogens (tertiary/aromatic N) is 2. The molecule has 0 radical (unpaired) electrons. The Labute approximate surface area is 120 Å². The van der Waals surface area contributed by atoms with Gasteiger partial charge in [0.05, 0.1) is 0 Å². The molecule has 0 aliphatic carbocycles. The Hall–Kier alpha value is -0.120. The summed E-state index contributed by atoms with van der Waals surface area (Å²) >= 11 is 0. The van der Waals surface area contributed by atoms with Crippen molar-refractivity contribution in [2.45, 2.75) is 72.0 Å². The van der Waals surface area contributed by atoms with Crippen LogP contribution in [0.2, 0.25) is 0 Å². The van der Waals surface area contributed by atoms with Crippen molar-refractivity contribution in [1.82, 2.24) is 15.1 Å². The predicted molar refractivity (Wildman–Crippen MR) is 84.7 cm³/mol. The lowest BCUT2D eigenvalue weighted by Gasteiger charge is -2.42. The van der Waals surface area contributed by atoms with E-state index in [1.165, 1.54) is 39.0 Å². The van der Waals surface area contributed by atoms with Crippen LogP contribution in [0.3, 0.4) is 0 Å². The number of piperazine rings is 1. The maximum Gasteiger partial charge on any atom is 0.0195 e. The van der Waals surface area contributed by atoms with Crippen LogP contribution in [-0.2, 0) is 0 Å². The van der Waals surface area contributed by atoms with Gasteiger partial charge in [0, 0.05) is 37.3 Å². The molecule has 0 aromatic rings. The second-order valence-electron chi connectivity index (χ2n) is 7.14. The molecule has 1 saturated heterocycles. The topological polar surface area (TPSA) is 18.5 Å². The lowest BCUT2D eigenvalue weighted by Crippen LogP contribution is -2.54. The molecule has 3 heteroatoms. The van der Waals surface area contributed by atoms with Gasteiger partial charge in [-0.05, 0) is 60.5 Å². The molecule has 1 aliphatic rings. The van der Waals surface area contributed by atoms with Crippen molar-refractivity contribution in [3.63, 3.8) is 0 Å². The van der Waals surface area contributed by atoms with Crippen molar-refractivity contribution in [1.29, 1.82) is 0 Å². The lowest BCUT2D eigenvalue weighted by atomic mass is 10.1. The quantitative estimate of drug-likeness (QED) is 0.748. The number of hydrogen-bond acceptors (Lipinski definition) is 3. The number of likely N-dealkylation sites (N-methyl/N-ethyl adjacent to an activating group) is 1. The van der Waals surface area contributed by atoms with Crippen molar-refractivity contribution >= 4 is 0 Å². The fraction of sp³-hybridized carbons (Fsp3) is 1.00. The van der Waals surface area contributed by atoms with Gasteiger partial charge in [-0.3, -0.25) is 9.80 Å². The third-order valence-electron chi connectivity index (χ3n) is 4.28. The summed E-state index contributed by atoms with van der Waals surface area (Å²) in [5, 5.41) is 3.58. The summed E-state index contributed by atoms with van der Waals surface area (Å²) in [5.41, 5.74) is 0.254. The Morgan fingerprint density at radius 2 is 1.95 bits per heavy atom. The lowest BCUT2D eigenvalue weighted by molar-refractivity contribution is 0.0606. The molecule has 0 spiro atoms. The third-order valence-corrected chi connectivity index (χ3v) is 4.28. The molecule has 1 N–H and O–H groups in total. The SMILES string of the molecule is CCN1CCN(C(C)CCCNC(C)(C)C)CC1C. The molecular formula is C16H35N3. The fourth-order valence-electron chi connectivity index (χ4n) is 2.94. The number of nitrogens with one attached hydrogen (secondary N) is 1. The molecule has 0 saturated carbocycles. The van der Waals surface area contributed by atoms with Crippen LogP contribution in [0.5, 0.6) is 0 Å². The van der Waals surface area contributed by atoms with Gasteiger partial charge in [-0.15, -0.1) is 0 Å². The van der Waals surface area contributed by atoms with Gasteiger partial charge < -0.3 is 5.32 Å². The van der Waals surface area contributed by atoms with Crippen LogP contribution in [0.15, 0.2) is 0 Å². The smallest absolute Gasteiger partial charge is 0.0195 e. The van der Waals surface area contributed by atoms with E-state index >= 15 is 0 Å². The highest BCUT2D eigenvalue weighted by Crippen LogP contribution is 2.14. The van der Waals surface area contributed by atoms with Gasteiger partial charge >= 0.3 is 0 Å². The minimum Gasteiger partial charge on any atom is -0.312 e. The summed E-state index contributed by atoms with van der Waals surface area (Å²) in [7, 11) is 0. The minimum atomic E-state index is 0.254. The fourth-order valence-corrected chi connectivity index (χ4v) is 2.94. The number of hydrogen-bond donors (Lipinski definition) is 1. The first kappa shape index (κ1) is 16.9. The summed E-state index contributed by atoms with van der Waals surface area (Å²) in [6.07, 6.45) is 2.59. The summed E-state index contributed by atoms with van der Waals surface area (Å²) in [5.74, 6) is 0. The van der Waals surface area contributed by atoms with Gasteiger partial charge in [-0.1, -0.05) is 6.92 Å². The maximum atomic E-state index is 3.58.